The highest BCUT2D eigenvalue weighted by atomic mass is 32.1. The second-order valence-electron chi connectivity index (χ2n) is 5.31. The molecule has 112 valence electrons. The van der Waals surface area contributed by atoms with Gasteiger partial charge in [0.05, 0.1) is 12.2 Å². The van der Waals surface area contributed by atoms with Crippen molar-refractivity contribution in [3.05, 3.63) is 11.1 Å². The molecule has 1 aromatic rings. The fourth-order valence-corrected chi connectivity index (χ4v) is 3.02. The summed E-state index contributed by atoms with van der Waals surface area (Å²) in [5.41, 5.74) is 0.878. The van der Waals surface area contributed by atoms with E-state index in [-0.39, 0.29) is 18.6 Å². The van der Waals surface area contributed by atoms with Gasteiger partial charge in [-0.05, 0) is 18.8 Å². The van der Waals surface area contributed by atoms with Crippen molar-refractivity contribution in [2.45, 2.75) is 19.4 Å². The molecule has 2 amide bonds. The predicted octanol–water partition coefficient (Wildman–Crippen LogP) is 1.12. The van der Waals surface area contributed by atoms with Crippen LogP contribution in [0.15, 0.2) is 5.38 Å². The molecule has 1 aliphatic heterocycles. The standard InChI is InChI=1S/C13H22N4O2S/c1-16(2)13-15-11(9-20-13)6-14-12(19)17-5-3-4-10(7-17)8-18/h9-10,18H,3-8H2,1-2H3,(H,14,19). The molecule has 1 aliphatic rings. The van der Waals surface area contributed by atoms with E-state index in [0.717, 1.165) is 30.2 Å². The lowest BCUT2D eigenvalue weighted by atomic mass is 9.99. The number of hydrogen-bond acceptors (Lipinski definition) is 5. The maximum atomic E-state index is 12.1. The molecule has 20 heavy (non-hydrogen) atoms. The highest BCUT2D eigenvalue weighted by molar-refractivity contribution is 7.13. The molecule has 0 saturated carbocycles. The van der Waals surface area contributed by atoms with E-state index in [2.05, 4.69) is 10.3 Å². The third-order valence-electron chi connectivity index (χ3n) is 3.41. The number of likely N-dealkylation sites (tertiary alicyclic amines) is 1. The molecule has 1 unspecified atom stereocenters. The van der Waals surface area contributed by atoms with Crippen LogP contribution in [0.4, 0.5) is 9.93 Å². The molecule has 0 radical (unpaired) electrons. The van der Waals surface area contributed by atoms with Crippen LogP contribution in [0, 0.1) is 5.92 Å². The van der Waals surface area contributed by atoms with Crippen LogP contribution in [0.2, 0.25) is 0 Å². The van der Waals surface area contributed by atoms with E-state index < -0.39 is 0 Å². The summed E-state index contributed by atoms with van der Waals surface area (Å²) in [5.74, 6) is 0.217. The van der Waals surface area contributed by atoms with E-state index in [0.29, 0.717) is 13.1 Å². The number of piperidine rings is 1. The van der Waals surface area contributed by atoms with Gasteiger partial charge in [-0.15, -0.1) is 11.3 Å². The van der Waals surface area contributed by atoms with Gasteiger partial charge >= 0.3 is 6.03 Å². The largest absolute Gasteiger partial charge is 0.396 e. The van der Waals surface area contributed by atoms with Gasteiger partial charge in [0.1, 0.15) is 0 Å². The Morgan fingerprint density at radius 1 is 1.65 bits per heavy atom. The van der Waals surface area contributed by atoms with Gasteiger partial charge in [0, 0.05) is 39.2 Å². The van der Waals surface area contributed by atoms with Gasteiger partial charge in [-0.25, -0.2) is 9.78 Å². The summed E-state index contributed by atoms with van der Waals surface area (Å²) in [6, 6.07) is -0.0671. The van der Waals surface area contributed by atoms with E-state index >= 15 is 0 Å². The third-order valence-corrected chi connectivity index (χ3v) is 4.46. The van der Waals surface area contributed by atoms with Crippen LogP contribution in [-0.2, 0) is 6.54 Å². The number of carbonyl (C=O) groups is 1. The van der Waals surface area contributed by atoms with Crippen molar-refractivity contribution in [1.29, 1.82) is 0 Å². The number of thiazole rings is 1. The predicted molar refractivity (Wildman–Crippen MR) is 80.1 cm³/mol. The zero-order chi connectivity index (χ0) is 14.5. The average Bonchev–Trinajstić information content (AvgIpc) is 2.94. The average molecular weight is 298 g/mol. The van der Waals surface area contributed by atoms with E-state index in [4.69, 9.17) is 0 Å². The highest BCUT2D eigenvalue weighted by Crippen LogP contribution is 2.18. The molecule has 1 fully saturated rings. The normalized spacial score (nSPS) is 18.9. The third kappa shape index (κ3) is 3.83. The Hall–Kier alpha value is -1.34. The van der Waals surface area contributed by atoms with Gasteiger partial charge in [0.25, 0.3) is 0 Å². The maximum Gasteiger partial charge on any atom is 0.317 e. The summed E-state index contributed by atoms with van der Waals surface area (Å²) in [5, 5.41) is 15.0. The minimum absolute atomic E-state index is 0.0671. The molecule has 0 aliphatic carbocycles. The molecule has 0 spiro atoms. The Bertz CT molecular complexity index is 449. The number of aromatic nitrogens is 1. The van der Waals surface area contributed by atoms with Gasteiger partial charge in [-0.1, -0.05) is 0 Å². The zero-order valence-corrected chi connectivity index (χ0v) is 12.8. The second-order valence-corrected chi connectivity index (χ2v) is 6.15. The molecule has 0 aromatic carbocycles. The molecule has 2 heterocycles. The highest BCUT2D eigenvalue weighted by Gasteiger charge is 2.22. The summed E-state index contributed by atoms with van der Waals surface area (Å²) in [4.78, 5) is 20.2. The van der Waals surface area contributed by atoms with E-state index in [9.17, 15) is 9.90 Å². The zero-order valence-electron chi connectivity index (χ0n) is 12.0. The smallest absolute Gasteiger partial charge is 0.317 e. The molecule has 1 atom stereocenters. The number of nitrogens with one attached hydrogen (secondary N) is 1. The second kappa shape index (κ2) is 6.90. The van der Waals surface area contributed by atoms with Crippen LogP contribution in [0.1, 0.15) is 18.5 Å². The maximum absolute atomic E-state index is 12.1. The molecule has 0 bridgehead atoms. The van der Waals surface area contributed by atoms with Crippen molar-refractivity contribution < 1.29 is 9.90 Å². The van der Waals surface area contributed by atoms with Gasteiger partial charge < -0.3 is 20.2 Å². The van der Waals surface area contributed by atoms with Crippen LogP contribution in [0.5, 0.6) is 0 Å². The van der Waals surface area contributed by atoms with Gasteiger partial charge in [-0.2, -0.15) is 0 Å². The molecule has 7 heteroatoms. The molecular weight excluding hydrogens is 276 g/mol. The Morgan fingerprint density at radius 2 is 2.45 bits per heavy atom. The lowest BCUT2D eigenvalue weighted by Crippen LogP contribution is -2.45. The summed E-state index contributed by atoms with van der Waals surface area (Å²) < 4.78 is 0. The fourth-order valence-electron chi connectivity index (χ4n) is 2.26. The summed E-state index contributed by atoms with van der Waals surface area (Å²) in [7, 11) is 3.90. The Kier molecular flexibility index (Phi) is 5.19. The topological polar surface area (TPSA) is 68.7 Å². The molecule has 1 saturated heterocycles. The first-order chi connectivity index (χ1) is 9.60. The molecule has 1 aromatic heterocycles. The summed E-state index contributed by atoms with van der Waals surface area (Å²) in [6.07, 6.45) is 1.96. The number of amides is 2. The minimum Gasteiger partial charge on any atom is -0.396 e. The Morgan fingerprint density at radius 3 is 3.10 bits per heavy atom. The summed E-state index contributed by atoms with van der Waals surface area (Å²) in [6.45, 7) is 2.01. The van der Waals surface area contributed by atoms with Crippen molar-refractivity contribution in [3.63, 3.8) is 0 Å². The Labute approximate surface area is 123 Å². The van der Waals surface area contributed by atoms with E-state index in [1.54, 1.807) is 16.2 Å². The van der Waals surface area contributed by atoms with Crippen LogP contribution < -0.4 is 10.2 Å². The van der Waals surface area contributed by atoms with Gasteiger partial charge in [0.15, 0.2) is 5.13 Å². The quantitative estimate of drug-likeness (QED) is 0.874. The van der Waals surface area contributed by atoms with Crippen LogP contribution in [0.3, 0.4) is 0 Å². The van der Waals surface area contributed by atoms with Crippen molar-refractivity contribution >= 4 is 22.5 Å². The van der Waals surface area contributed by atoms with E-state index in [1.807, 2.05) is 24.4 Å². The lowest BCUT2D eigenvalue weighted by Gasteiger charge is -2.31. The molecular formula is C13H22N4O2S. The number of urea groups is 1. The first-order valence-corrected chi connectivity index (χ1v) is 7.73. The number of aliphatic hydroxyl groups excluding tert-OH is 1. The van der Waals surface area contributed by atoms with Gasteiger partial charge in [-0.3, -0.25) is 0 Å². The summed E-state index contributed by atoms with van der Waals surface area (Å²) >= 11 is 1.57. The van der Waals surface area contributed by atoms with E-state index in [1.165, 1.54) is 0 Å². The van der Waals surface area contributed by atoms with Crippen LogP contribution in [0.25, 0.3) is 0 Å². The first-order valence-electron chi connectivity index (χ1n) is 6.85. The minimum atomic E-state index is -0.0671. The number of aliphatic hydroxyl groups is 1. The molecule has 6 nitrogen and oxygen atoms in total. The van der Waals surface area contributed by atoms with Gasteiger partial charge in [0.2, 0.25) is 0 Å². The number of anilines is 1. The van der Waals surface area contributed by atoms with Crippen LogP contribution in [-0.4, -0.2) is 54.8 Å². The molecule has 2 rings (SSSR count). The van der Waals surface area contributed by atoms with Crippen LogP contribution >= 0.6 is 11.3 Å². The SMILES string of the molecule is CN(C)c1nc(CNC(=O)N2CCCC(CO)C2)cs1. The number of nitrogens with zero attached hydrogens (tertiary/aromatic N) is 3. The molecule has 2 N–H and O–H groups in total. The van der Waals surface area contributed by atoms with Crippen molar-refractivity contribution in [2.75, 3.05) is 38.7 Å². The number of hydrogen-bond donors (Lipinski definition) is 2. The Balaban J connectivity index is 1.82. The first kappa shape index (κ1) is 15.1. The number of rotatable bonds is 4. The van der Waals surface area contributed by atoms with Crippen molar-refractivity contribution in [1.82, 2.24) is 15.2 Å². The lowest BCUT2D eigenvalue weighted by molar-refractivity contribution is 0.129. The fraction of sp³-hybridized carbons (Fsp3) is 0.692. The van der Waals surface area contributed by atoms with Crippen molar-refractivity contribution in [2.24, 2.45) is 5.92 Å². The monoisotopic (exact) mass is 298 g/mol. The van der Waals surface area contributed by atoms with Crippen molar-refractivity contribution in [3.8, 4) is 0 Å². The number of carbonyl (C=O) groups excluding carboxylic acids is 1.